The van der Waals surface area contributed by atoms with Crippen LogP contribution >= 0.6 is 0 Å². The van der Waals surface area contributed by atoms with Crippen LogP contribution in [0.2, 0.25) is 0 Å². The van der Waals surface area contributed by atoms with E-state index in [1.165, 1.54) is 0 Å². The number of amides is 2. The van der Waals surface area contributed by atoms with Gasteiger partial charge in [0.2, 0.25) is 17.8 Å². The molecule has 0 aliphatic carbocycles. The fourth-order valence-corrected chi connectivity index (χ4v) is 3.01. The Balaban J connectivity index is 1.60. The molecule has 2 heterocycles. The van der Waals surface area contributed by atoms with Crippen LogP contribution in [0.5, 0.6) is 0 Å². The number of nitrogens with one attached hydrogen (secondary N) is 1. The Bertz CT molecular complexity index is 703. The van der Waals surface area contributed by atoms with Crippen molar-refractivity contribution in [1.29, 1.82) is 0 Å². The van der Waals surface area contributed by atoms with Crippen molar-refractivity contribution in [1.82, 2.24) is 14.5 Å². The van der Waals surface area contributed by atoms with Crippen molar-refractivity contribution in [2.24, 2.45) is 5.92 Å². The molecule has 0 radical (unpaired) electrons. The highest BCUT2D eigenvalue weighted by Crippen LogP contribution is 2.19. The lowest BCUT2D eigenvalue weighted by atomic mass is 9.96. The zero-order valence-electron chi connectivity index (χ0n) is 13.8. The van der Waals surface area contributed by atoms with Crippen molar-refractivity contribution in [3.63, 3.8) is 0 Å². The normalized spacial score (nSPS) is 15.3. The van der Waals surface area contributed by atoms with Gasteiger partial charge in [0.15, 0.2) is 0 Å². The van der Waals surface area contributed by atoms with Gasteiger partial charge in [-0.3, -0.25) is 14.9 Å². The third-order valence-corrected chi connectivity index (χ3v) is 4.46. The number of nitrogens with zero attached hydrogens (tertiary/aromatic N) is 3. The van der Waals surface area contributed by atoms with Gasteiger partial charge in [-0.15, -0.1) is 0 Å². The average molecular weight is 326 g/mol. The van der Waals surface area contributed by atoms with E-state index in [1.807, 2.05) is 41.1 Å². The lowest BCUT2D eigenvalue weighted by molar-refractivity contribution is -0.132. The summed E-state index contributed by atoms with van der Waals surface area (Å²) in [6.45, 7) is 3.53. The third kappa shape index (κ3) is 3.82. The molecule has 6 nitrogen and oxygen atoms in total. The molecular formula is C18H22N4O2. The molecule has 1 aliphatic heterocycles. The Morgan fingerprint density at radius 1 is 1.21 bits per heavy atom. The number of aromatic nitrogens is 2. The summed E-state index contributed by atoms with van der Waals surface area (Å²) in [5, 5.41) is 2.93. The van der Waals surface area contributed by atoms with Crippen molar-refractivity contribution >= 4 is 17.8 Å². The molecule has 24 heavy (non-hydrogen) atoms. The van der Waals surface area contributed by atoms with Gasteiger partial charge in [-0.25, -0.2) is 4.98 Å². The number of likely N-dealkylation sites (tertiary alicyclic amines) is 1. The van der Waals surface area contributed by atoms with Gasteiger partial charge in [0.05, 0.1) is 6.54 Å². The molecule has 1 aliphatic rings. The van der Waals surface area contributed by atoms with Gasteiger partial charge in [0.25, 0.3) is 0 Å². The molecule has 1 aromatic carbocycles. The van der Waals surface area contributed by atoms with E-state index < -0.39 is 0 Å². The van der Waals surface area contributed by atoms with E-state index in [9.17, 15) is 9.59 Å². The molecular weight excluding hydrogens is 304 g/mol. The molecule has 0 atom stereocenters. The zero-order chi connectivity index (χ0) is 16.9. The Hall–Kier alpha value is -2.63. The van der Waals surface area contributed by atoms with Gasteiger partial charge in [0, 0.05) is 38.3 Å². The largest absolute Gasteiger partial charge is 0.343 e. The van der Waals surface area contributed by atoms with Gasteiger partial charge in [-0.1, -0.05) is 30.3 Å². The van der Waals surface area contributed by atoms with Crippen molar-refractivity contribution in [2.75, 3.05) is 18.4 Å². The molecule has 0 saturated carbocycles. The fourth-order valence-electron chi connectivity index (χ4n) is 3.01. The predicted octanol–water partition coefficient (Wildman–Crippen LogP) is 2.13. The quantitative estimate of drug-likeness (QED) is 0.936. The molecule has 3 rings (SSSR count). The minimum atomic E-state index is -0.0672. The van der Waals surface area contributed by atoms with Crippen molar-refractivity contribution in [3.05, 3.63) is 48.3 Å². The summed E-state index contributed by atoms with van der Waals surface area (Å²) in [6.07, 6.45) is 4.95. The maximum Gasteiger partial charge on any atom is 0.229 e. The van der Waals surface area contributed by atoms with Crippen LogP contribution in [0.4, 0.5) is 5.95 Å². The third-order valence-electron chi connectivity index (χ3n) is 4.46. The number of hydrogen-bond acceptors (Lipinski definition) is 3. The molecule has 0 unspecified atom stereocenters. The second kappa shape index (κ2) is 7.29. The summed E-state index contributed by atoms with van der Waals surface area (Å²) >= 11 is 0. The van der Waals surface area contributed by atoms with Crippen molar-refractivity contribution in [2.45, 2.75) is 26.3 Å². The standard InChI is InChI=1S/C18H22N4O2/c1-14(23)21-10-7-16(8-11-21)17(24)20-18-19-9-12-22(18)13-15-5-3-2-4-6-15/h2-6,9,12,16H,7-8,10-11,13H2,1H3,(H,19,20,24). The molecule has 1 saturated heterocycles. The lowest BCUT2D eigenvalue weighted by Gasteiger charge is -2.30. The highest BCUT2D eigenvalue weighted by molar-refractivity contribution is 5.91. The monoisotopic (exact) mass is 326 g/mol. The maximum absolute atomic E-state index is 12.5. The molecule has 2 amide bonds. The summed E-state index contributed by atoms with van der Waals surface area (Å²) in [7, 11) is 0. The molecule has 126 valence electrons. The number of anilines is 1. The molecule has 1 aromatic heterocycles. The first-order chi connectivity index (χ1) is 11.6. The first kappa shape index (κ1) is 16.2. The van der Waals surface area contributed by atoms with Crippen molar-refractivity contribution < 1.29 is 9.59 Å². The van der Waals surface area contributed by atoms with Crippen LogP contribution in [0.25, 0.3) is 0 Å². The average Bonchev–Trinajstić information content (AvgIpc) is 3.02. The lowest BCUT2D eigenvalue weighted by Crippen LogP contribution is -2.40. The van der Waals surface area contributed by atoms with Crippen LogP contribution in [0.1, 0.15) is 25.3 Å². The molecule has 1 N–H and O–H groups in total. The van der Waals surface area contributed by atoms with Gasteiger partial charge in [-0.05, 0) is 18.4 Å². The minimum Gasteiger partial charge on any atom is -0.343 e. The van der Waals surface area contributed by atoms with Gasteiger partial charge in [-0.2, -0.15) is 0 Å². The van der Waals surface area contributed by atoms with E-state index in [0.29, 0.717) is 38.4 Å². The maximum atomic E-state index is 12.5. The summed E-state index contributed by atoms with van der Waals surface area (Å²) in [4.78, 5) is 29.9. The summed E-state index contributed by atoms with van der Waals surface area (Å²) in [5.74, 6) is 0.561. The van der Waals surface area contributed by atoms with Crippen molar-refractivity contribution in [3.8, 4) is 0 Å². The highest BCUT2D eigenvalue weighted by atomic mass is 16.2. The number of imidazole rings is 1. The molecule has 6 heteroatoms. The summed E-state index contributed by atoms with van der Waals surface area (Å²) in [6, 6.07) is 10.1. The first-order valence-electron chi connectivity index (χ1n) is 8.25. The fraction of sp³-hybridized carbons (Fsp3) is 0.389. The number of piperidine rings is 1. The minimum absolute atomic E-state index is 0.0151. The SMILES string of the molecule is CC(=O)N1CCC(C(=O)Nc2nccn2Cc2ccccc2)CC1. The Labute approximate surface area is 141 Å². The van der Waals surface area contributed by atoms with E-state index in [-0.39, 0.29) is 17.7 Å². The van der Waals surface area contributed by atoms with Crippen LogP contribution in [0.3, 0.4) is 0 Å². The number of benzene rings is 1. The first-order valence-corrected chi connectivity index (χ1v) is 8.25. The van der Waals surface area contributed by atoms with E-state index in [4.69, 9.17) is 0 Å². The molecule has 0 spiro atoms. The number of rotatable bonds is 4. The second-order valence-electron chi connectivity index (χ2n) is 6.13. The van der Waals surface area contributed by atoms with Crippen LogP contribution < -0.4 is 5.32 Å². The van der Waals surface area contributed by atoms with E-state index >= 15 is 0 Å². The molecule has 0 bridgehead atoms. The predicted molar refractivity (Wildman–Crippen MR) is 91.4 cm³/mol. The Morgan fingerprint density at radius 3 is 2.58 bits per heavy atom. The van der Waals surface area contributed by atoms with Crippen LogP contribution in [0.15, 0.2) is 42.7 Å². The van der Waals surface area contributed by atoms with Crippen LogP contribution in [0, 0.1) is 5.92 Å². The van der Waals surface area contributed by atoms with E-state index in [1.54, 1.807) is 18.0 Å². The summed E-state index contributed by atoms with van der Waals surface area (Å²) in [5.41, 5.74) is 1.15. The Kier molecular flexibility index (Phi) is 4.93. The van der Waals surface area contributed by atoms with E-state index in [0.717, 1.165) is 5.56 Å². The topological polar surface area (TPSA) is 67.2 Å². The zero-order valence-corrected chi connectivity index (χ0v) is 13.8. The molecule has 2 aromatic rings. The number of carbonyl (C=O) groups is 2. The smallest absolute Gasteiger partial charge is 0.229 e. The number of carbonyl (C=O) groups excluding carboxylic acids is 2. The second-order valence-corrected chi connectivity index (χ2v) is 6.13. The van der Waals surface area contributed by atoms with Gasteiger partial charge < -0.3 is 9.47 Å². The van der Waals surface area contributed by atoms with Gasteiger partial charge >= 0.3 is 0 Å². The highest BCUT2D eigenvalue weighted by Gasteiger charge is 2.26. The van der Waals surface area contributed by atoms with Crippen LogP contribution in [-0.4, -0.2) is 39.4 Å². The van der Waals surface area contributed by atoms with E-state index in [2.05, 4.69) is 10.3 Å². The van der Waals surface area contributed by atoms with Crippen LogP contribution in [-0.2, 0) is 16.1 Å². The Morgan fingerprint density at radius 2 is 1.92 bits per heavy atom. The number of hydrogen-bond donors (Lipinski definition) is 1. The molecule has 1 fully saturated rings. The van der Waals surface area contributed by atoms with Gasteiger partial charge in [0.1, 0.15) is 0 Å². The summed E-state index contributed by atoms with van der Waals surface area (Å²) < 4.78 is 1.93.